The second-order valence-corrected chi connectivity index (χ2v) is 4.10. The van der Waals surface area contributed by atoms with Crippen molar-refractivity contribution in [2.45, 2.75) is 31.2 Å². The predicted molar refractivity (Wildman–Crippen MR) is 54.1 cm³/mol. The largest absolute Gasteiger partial charge is 0.417 e. The van der Waals surface area contributed by atoms with Gasteiger partial charge in [-0.05, 0) is 25.0 Å². The molecule has 2 atom stereocenters. The minimum atomic E-state index is -4.37. The van der Waals surface area contributed by atoms with Crippen LogP contribution in [0.4, 0.5) is 17.6 Å². The SMILES string of the molecule is FC1CCC(c2ccc(C(F)(F)F)cn2)NC1. The Bertz CT molecular complexity index is 366. The summed E-state index contributed by atoms with van der Waals surface area (Å²) in [4.78, 5) is 3.79. The Morgan fingerprint density at radius 1 is 1.24 bits per heavy atom. The maximum absolute atomic E-state index is 12.9. The monoisotopic (exact) mass is 248 g/mol. The number of alkyl halides is 4. The van der Waals surface area contributed by atoms with Gasteiger partial charge in [-0.1, -0.05) is 0 Å². The zero-order chi connectivity index (χ0) is 12.5. The molecule has 0 amide bonds. The molecule has 1 fully saturated rings. The van der Waals surface area contributed by atoms with Crippen molar-refractivity contribution in [1.29, 1.82) is 0 Å². The van der Waals surface area contributed by atoms with E-state index in [0.717, 1.165) is 12.3 Å². The smallest absolute Gasteiger partial charge is 0.306 e. The van der Waals surface area contributed by atoms with Crippen LogP contribution in [0.3, 0.4) is 0 Å². The molecule has 17 heavy (non-hydrogen) atoms. The highest BCUT2D eigenvalue weighted by Gasteiger charge is 2.31. The standard InChI is InChI=1S/C11H12F4N2/c12-8-2-4-10(17-6-8)9-3-1-7(5-16-9)11(13,14)15/h1,3,5,8,10,17H,2,4,6H2. The van der Waals surface area contributed by atoms with Crippen molar-refractivity contribution < 1.29 is 17.6 Å². The number of hydrogen-bond acceptors (Lipinski definition) is 2. The molecule has 0 aromatic carbocycles. The van der Waals surface area contributed by atoms with Gasteiger partial charge in [-0.25, -0.2) is 4.39 Å². The minimum absolute atomic E-state index is 0.149. The third-order valence-electron chi connectivity index (χ3n) is 2.83. The minimum Gasteiger partial charge on any atom is -0.306 e. The van der Waals surface area contributed by atoms with E-state index in [1.807, 2.05) is 0 Å². The van der Waals surface area contributed by atoms with Gasteiger partial charge < -0.3 is 5.32 Å². The van der Waals surface area contributed by atoms with Crippen molar-refractivity contribution in [3.8, 4) is 0 Å². The Balaban J connectivity index is 2.08. The van der Waals surface area contributed by atoms with Gasteiger partial charge in [0.05, 0.1) is 11.3 Å². The molecule has 1 aliphatic rings. The number of hydrogen-bond donors (Lipinski definition) is 1. The topological polar surface area (TPSA) is 24.9 Å². The van der Waals surface area contributed by atoms with Crippen LogP contribution in [0.15, 0.2) is 18.3 Å². The second kappa shape index (κ2) is 4.60. The van der Waals surface area contributed by atoms with E-state index in [9.17, 15) is 17.6 Å². The van der Waals surface area contributed by atoms with Gasteiger partial charge in [0.15, 0.2) is 0 Å². The highest BCUT2D eigenvalue weighted by molar-refractivity contribution is 5.19. The molecule has 6 heteroatoms. The quantitative estimate of drug-likeness (QED) is 0.773. The first-order chi connectivity index (χ1) is 7.97. The van der Waals surface area contributed by atoms with Gasteiger partial charge in [0.2, 0.25) is 0 Å². The molecule has 0 bridgehead atoms. The molecule has 0 radical (unpaired) electrons. The summed E-state index contributed by atoms with van der Waals surface area (Å²) in [6.45, 7) is 0.230. The van der Waals surface area contributed by atoms with Gasteiger partial charge >= 0.3 is 6.18 Å². The fraction of sp³-hybridized carbons (Fsp3) is 0.545. The van der Waals surface area contributed by atoms with Crippen LogP contribution in [0, 0.1) is 0 Å². The Hall–Kier alpha value is -1.17. The van der Waals surface area contributed by atoms with E-state index in [1.165, 1.54) is 6.07 Å². The van der Waals surface area contributed by atoms with E-state index in [-0.39, 0.29) is 12.6 Å². The molecule has 1 saturated heterocycles. The van der Waals surface area contributed by atoms with Crippen molar-refractivity contribution in [2.75, 3.05) is 6.54 Å². The maximum atomic E-state index is 12.9. The number of halogens is 4. The summed E-state index contributed by atoms with van der Waals surface area (Å²) in [5.41, 5.74) is -0.231. The zero-order valence-corrected chi connectivity index (χ0v) is 8.97. The molecular formula is C11H12F4N2. The number of rotatable bonds is 1. The van der Waals surface area contributed by atoms with Crippen molar-refractivity contribution >= 4 is 0 Å². The van der Waals surface area contributed by atoms with Crippen molar-refractivity contribution in [2.24, 2.45) is 0 Å². The van der Waals surface area contributed by atoms with Crippen LogP contribution in [-0.2, 0) is 6.18 Å². The van der Waals surface area contributed by atoms with E-state index < -0.39 is 17.9 Å². The molecule has 2 heterocycles. The molecule has 0 aliphatic carbocycles. The third-order valence-corrected chi connectivity index (χ3v) is 2.83. The van der Waals surface area contributed by atoms with Crippen LogP contribution in [-0.4, -0.2) is 17.7 Å². The van der Waals surface area contributed by atoms with Gasteiger partial charge in [-0.3, -0.25) is 4.98 Å². The fourth-order valence-corrected chi connectivity index (χ4v) is 1.85. The third kappa shape index (κ3) is 2.94. The van der Waals surface area contributed by atoms with E-state index >= 15 is 0 Å². The molecule has 1 aromatic rings. The first-order valence-corrected chi connectivity index (χ1v) is 5.37. The molecule has 1 aromatic heterocycles. The number of aromatic nitrogens is 1. The number of nitrogens with zero attached hydrogens (tertiary/aromatic N) is 1. The number of nitrogens with one attached hydrogen (secondary N) is 1. The second-order valence-electron chi connectivity index (χ2n) is 4.10. The lowest BCUT2D eigenvalue weighted by Crippen LogP contribution is -2.34. The summed E-state index contributed by atoms with van der Waals surface area (Å²) in [5.74, 6) is 0. The summed E-state index contributed by atoms with van der Waals surface area (Å²) in [5, 5.41) is 2.92. The molecule has 0 spiro atoms. The normalized spacial score (nSPS) is 25.9. The lowest BCUT2D eigenvalue weighted by molar-refractivity contribution is -0.137. The van der Waals surface area contributed by atoms with Gasteiger partial charge in [-0.15, -0.1) is 0 Å². The Morgan fingerprint density at radius 2 is 2.00 bits per heavy atom. The predicted octanol–water partition coefficient (Wildman–Crippen LogP) is 2.86. The fourth-order valence-electron chi connectivity index (χ4n) is 1.85. The molecule has 2 rings (SSSR count). The van der Waals surface area contributed by atoms with Crippen LogP contribution in [0.25, 0.3) is 0 Å². The first-order valence-electron chi connectivity index (χ1n) is 5.37. The highest BCUT2D eigenvalue weighted by Crippen LogP contribution is 2.30. The van der Waals surface area contributed by atoms with Crippen LogP contribution in [0.5, 0.6) is 0 Å². The maximum Gasteiger partial charge on any atom is 0.417 e. The van der Waals surface area contributed by atoms with Gasteiger partial charge in [0.25, 0.3) is 0 Å². The van der Waals surface area contributed by atoms with Gasteiger partial charge in [0.1, 0.15) is 6.17 Å². The number of pyridine rings is 1. The van der Waals surface area contributed by atoms with Crippen molar-refractivity contribution in [1.82, 2.24) is 10.3 Å². The lowest BCUT2D eigenvalue weighted by Gasteiger charge is -2.25. The van der Waals surface area contributed by atoms with Crippen LogP contribution in [0.2, 0.25) is 0 Å². The molecular weight excluding hydrogens is 236 g/mol. The van der Waals surface area contributed by atoms with E-state index in [2.05, 4.69) is 10.3 Å². The summed E-state index contributed by atoms with van der Waals surface area (Å²) < 4.78 is 49.8. The Kier molecular flexibility index (Phi) is 3.33. The Morgan fingerprint density at radius 3 is 2.47 bits per heavy atom. The van der Waals surface area contributed by atoms with Gasteiger partial charge in [-0.2, -0.15) is 13.2 Å². The lowest BCUT2D eigenvalue weighted by atomic mass is 10.00. The average molecular weight is 248 g/mol. The summed E-state index contributed by atoms with van der Waals surface area (Å²) >= 11 is 0. The van der Waals surface area contributed by atoms with E-state index in [4.69, 9.17) is 0 Å². The Labute approximate surface area is 96.0 Å². The number of piperidine rings is 1. The average Bonchev–Trinajstić information content (AvgIpc) is 2.29. The molecule has 1 aliphatic heterocycles. The van der Waals surface area contributed by atoms with E-state index in [0.29, 0.717) is 18.5 Å². The summed E-state index contributed by atoms with van der Waals surface area (Å²) in [6, 6.07) is 2.20. The first kappa shape index (κ1) is 12.3. The van der Waals surface area contributed by atoms with Crippen LogP contribution in [0.1, 0.15) is 30.1 Å². The molecule has 2 nitrogen and oxygen atoms in total. The van der Waals surface area contributed by atoms with E-state index in [1.54, 1.807) is 0 Å². The molecule has 94 valence electrons. The highest BCUT2D eigenvalue weighted by atomic mass is 19.4. The van der Waals surface area contributed by atoms with Crippen LogP contribution >= 0.6 is 0 Å². The summed E-state index contributed by atoms with van der Waals surface area (Å²) in [7, 11) is 0. The van der Waals surface area contributed by atoms with Crippen molar-refractivity contribution in [3.05, 3.63) is 29.6 Å². The van der Waals surface area contributed by atoms with Gasteiger partial charge in [0, 0.05) is 18.8 Å². The molecule has 1 N–H and O–H groups in total. The zero-order valence-electron chi connectivity index (χ0n) is 8.97. The molecule has 2 unspecified atom stereocenters. The van der Waals surface area contributed by atoms with Crippen LogP contribution < -0.4 is 5.32 Å². The summed E-state index contributed by atoms with van der Waals surface area (Å²) in [6.07, 6.45) is -3.45. The molecule has 0 saturated carbocycles. The van der Waals surface area contributed by atoms with Crippen molar-refractivity contribution in [3.63, 3.8) is 0 Å².